The summed E-state index contributed by atoms with van der Waals surface area (Å²) in [5.41, 5.74) is -1.57. The van der Waals surface area contributed by atoms with Gasteiger partial charge >= 0.3 is 11.1 Å². The Labute approximate surface area is 112 Å². The Bertz CT molecular complexity index is 695. The first-order chi connectivity index (χ1) is 9.10. The highest BCUT2D eigenvalue weighted by molar-refractivity contribution is 7.99. The minimum Gasteiger partial charge on any atom is -0.369 e. The fourth-order valence-electron chi connectivity index (χ4n) is 1.31. The van der Waals surface area contributed by atoms with E-state index in [9.17, 15) is 9.59 Å². The average Bonchev–Trinajstić information content (AvgIpc) is 2.37. The molecule has 2 heterocycles. The standard InChI is InChI=1S/C10H12N6O2S/c1-3-12-6-4-11-5-7(13-6)19-10-14-8(17)9(18)15-16(10)2/h4-5H,3H2,1-2H3,(H,12,13)(H,15,18). The van der Waals surface area contributed by atoms with Gasteiger partial charge in [0.2, 0.25) is 0 Å². The first-order valence-corrected chi connectivity index (χ1v) is 6.33. The smallest absolute Gasteiger partial charge is 0.339 e. The van der Waals surface area contributed by atoms with E-state index in [2.05, 4.69) is 25.4 Å². The lowest BCUT2D eigenvalue weighted by Crippen LogP contribution is -2.33. The monoisotopic (exact) mass is 280 g/mol. The molecular formula is C10H12N6O2S. The SMILES string of the molecule is CCNc1cncc(Sc2nc(=O)c(=O)[nH]n2C)n1. The van der Waals surface area contributed by atoms with E-state index in [1.54, 1.807) is 19.4 Å². The Hall–Kier alpha value is -2.16. The molecule has 100 valence electrons. The summed E-state index contributed by atoms with van der Waals surface area (Å²) in [4.78, 5) is 34.3. The highest BCUT2D eigenvalue weighted by Crippen LogP contribution is 2.22. The van der Waals surface area contributed by atoms with Gasteiger partial charge in [0.25, 0.3) is 0 Å². The van der Waals surface area contributed by atoms with Crippen LogP contribution < -0.4 is 16.4 Å². The lowest BCUT2D eigenvalue weighted by molar-refractivity contribution is 0.596. The molecule has 0 aliphatic carbocycles. The molecule has 0 radical (unpaired) electrons. The molecule has 0 bridgehead atoms. The van der Waals surface area contributed by atoms with E-state index < -0.39 is 11.1 Å². The predicted octanol–water partition coefficient (Wildman–Crippen LogP) is -0.158. The fraction of sp³-hybridized carbons (Fsp3) is 0.300. The summed E-state index contributed by atoms with van der Waals surface area (Å²) >= 11 is 1.15. The van der Waals surface area contributed by atoms with E-state index >= 15 is 0 Å². The van der Waals surface area contributed by atoms with Crippen molar-refractivity contribution in [3.05, 3.63) is 33.1 Å². The number of rotatable bonds is 4. The third-order valence-corrected chi connectivity index (χ3v) is 3.07. The van der Waals surface area contributed by atoms with Crippen LogP contribution in [-0.2, 0) is 7.05 Å². The van der Waals surface area contributed by atoms with Crippen molar-refractivity contribution in [2.24, 2.45) is 7.05 Å². The molecule has 0 spiro atoms. The summed E-state index contributed by atoms with van der Waals surface area (Å²) in [5.74, 6) is 0.641. The Morgan fingerprint density at radius 2 is 2.16 bits per heavy atom. The number of anilines is 1. The zero-order valence-electron chi connectivity index (χ0n) is 10.4. The van der Waals surface area contributed by atoms with Crippen molar-refractivity contribution in [2.45, 2.75) is 17.1 Å². The molecule has 0 saturated heterocycles. The average molecular weight is 280 g/mol. The van der Waals surface area contributed by atoms with E-state index in [1.807, 2.05) is 6.92 Å². The van der Waals surface area contributed by atoms with Crippen LogP contribution in [0.1, 0.15) is 6.92 Å². The predicted molar refractivity (Wildman–Crippen MR) is 70.4 cm³/mol. The third kappa shape index (κ3) is 3.19. The van der Waals surface area contributed by atoms with Crippen LogP contribution in [-0.4, -0.2) is 31.3 Å². The second-order valence-electron chi connectivity index (χ2n) is 3.57. The van der Waals surface area contributed by atoms with Gasteiger partial charge in [-0.15, -0.1) is 0 Å². The molecule has 2 N–H and O–H groups in total. The fourth-order valence-corrected chi connectivity index (χ4v) is 2.06. The molecule has 0 saturated carbocycles. The number of aromatic nitrogens is 5. The quantitative estimate of drug-likeness (QED) is 0.750. The molecule has 2 aromatic rings. The third-order valence-electron chi connectivity index (χ3n) is 2.11. The van der Waals surface area contributed by atoms with Gasteiger partial charge in [-0.05, 0) is 18.7 Å². The number of hydrogen-bond acceptors (Lipinski definition) is 7. The number of aromatic amines is 1. The van der Waals surface area contributed by atoms with Gasteiger partial charge in [-0.2, -0.15) is 4.98 Å². The van der Waals surface area contributed by atoms with Crippen molar-refractivity contribution >= 4 is 17.6 Å². The van der Waals surface area contributed by atoms with Crippen molar-refractivity contribution in [1.82, 2.24) is 24.7 Å². The van der Waals surface area contributed by atoms with Crippen LogP contribution >= 0.6 is 11.8 Å². The van der Waals surface area contributed by atoms with Crippen LogP contribution in [0.3, 0.4) is 0 Å². The molecule has 0 fully saturated rings. The van der Waals surface area contributed by atoms with E-state index in [1.165, 1.54) is 4.68 Å². The summed E-state index contributed by atoms with van der Waals surface area (Å²) < 4.78 is 1.37. The number of H-pyrrole nitrogens is 1. The van der Waals surface area contributed by atoms with Crippen LogP contribution in [0.4, 0.5) is 5.82 Å². The second kappa shape index (κ2) is 5.65. The number of aryl methyl sites for hydroxylation is 1. The maximum absolute atomic E-state index is 11.2. The van der Waals surface area contributed by atoms with Gasteiger partial charge in [-0.1, -0.05) is 0 Å². The normalized spacial score (nSPS) is 10.4. The van der Waals surface area contributed by atoms with Gasteiger partial charge in [0.15, 0.2) is 5.16 Å². The second-order valence-corrected chi connectivity index (χ2v) is 4.56. The zero-order valence-corrected chi connectivity index (χ0v) is 11.2. The van der Waals surface area contributed by atoms with Gasteiger partial charge in [0.05, 0.1) is 12.4 Å². The molecule has 0 aliphatic heterocycles. The summed E-state index contributed by atoms with van der Waals surface area (Å²) in [5, 5.41) is 6.32. The van der Waals surface area contributed by atoms with Crippen molar-refractivity contribution in [1.29, 1.82) is 0 Å². The molecule has 0 aromatic carbocycles. The Balaban J connectivity index is 2.31. The van der Waals surface area contributed by atoms with Crippen molar-refractivity contribution in [3.63, 3.8) is 0 Å². The van der Waals surface area contributed by atoms with Crippen LogP contribution in [0.15, 0.2) is 32.2 Å². The van der Waals surface area contributed by atoms with Gasteiger partial charge < -0.3 is 5.32 Å². The first-order valence-electron chi connectivity index (χ1n) is 5.51. The zero-order chi connectivity index (χ0) is 13.8. The Morgan fingerprint density at radius 1 is 1.37 bits per heavy atom. The minimum atomic E-state index is -0.823. The molecule has 2 aromatic heterocycles. The molecule has 0 aliphatic rings. The van der Waals surface area contributed by atoms with E-state index in [4.69, 9.17) is 0 Å². The molecule has 8 nitrogen and oxygen atoms in total. The van der Waals surface area contributed by atoms with E-state index in [0.717, 1.165) is 18.3 Å². The molecular weight excluding hydrogens is 268 g/mol. The van der Waals surface area contributed by atoms with Gasteiger partial charge in [0.1, 0.15) is 10.8 Å². The van der Waals surface area contributed by atoms with Gasteiger partial charge in [0, 0.05) is 13.6 Å². The molecule has 2 rings (SSSR count). The maximum Gasteiger partial charge on any atom is 0.339 e. The van der Waals surface area contributed by atoms with Gasteiger partial charge in [-0.25, -0.2) is 4.98 Å². The highest BCUT2D eigenvalue weighted by Gasteiger charge is 2.07. The van der Waals surface area contributed by atoms with E-state index in [-0.39, 0.29) is 0 Å². The summed E-state index contributed by atoms with van der Waals surface area (Å²) in [6, 6.07) is 0. The molecule has 19 heavy (non-hydrogen) atoms. The lowest BCUT2D eigenvalue weighted by atomic mass is 10.6. The molecule has 0 amide bonds. The minimum absolute atomic E-state index is 0.340. The van der Waals surface area contributed by atoms with Crippen LogP contribution in [0, 0.1) is 0 Å². The first kappa shape index (κ1) is 13.3. The van der Waals surface area contributed by atoms with Crippen LogP contribution in [0.25, 0.3) is 0 Å². The Kier molecular flexibility index (Phi) is 3.95. The largest absolute Gasteiger partial charge is 0.369 e. The number of hydrogen-bond donors (Lipinski definition) is 2. The molecule has 0 atom stereocenters. The summed E-state index contributed by atoms with van der Waals surface area (Å²) in [6.07, 6.45) is 3.16. The van der Waals surface area contributed by atoms with Crippen molar-refractivity contribution in [3.8, 4) is 0 Å². The summed E-state index contributed by atoms with van der Waals surface area (Å²) in [6.45, 7) is 2.69. The lowest BCUT2D eigenvalue weighted by Gasteiger charge is -2.06. The van der Waals surface area contributed by atoms with Crippen molar-refractivity contribution < 1.29 is 0 Å². The van der Waals surface area contributed by atoms with Gasteiger partial charge in [-0.3, -0.25) is 24.4 Å². The maximum atomic E-state index is 11.2. The number of nitrogens with zero attached hydrogens (tertiary/aromatic N) is 4. The van der Waals surface area contributed by atoms with Crippen LogP contribution in [0.2, 0.25) is 0 Å². The Morgan fingerprint density at radius 3 is 2.89 bits per heavy atom. The van der Waals surface area contributed by atoms with Crippen LogP contribution in [0.5, 0.6) is 0 Å². The van der Waals surface area contributed by atoms with E-state index in [0.29, 0.717) is 16.0 Å². The summed E-state index contributed by atoms with van der Waals surface area (Å²) in [7, 11) is 1.59. The molecule has 0 unspecified atom stereocenters. The topological polar surface area (TPSA) is 106 Å². The number of nitrogens with one attached hydrogen (secondary N) is 2. The highest BCUT2D eigenvalue weighted by atomic mass is 32.2. The molecule has 9 heteroatoms. The van der Waals surface area contributed by atoms with Crippen molar-refractivity contribution in [2.75, 3.05) is 11.9 Å².